The van der Waals surface area contributed by atoms with Gasteiger partial charge < -0.3 is 14.5 Å². The van der Waals surface area contributed by atoms with Gasteiger partial charge in [-0.15, -0.1) is 6.58 Å². The van der Waals surface area contributed by atoms with Crippen LogP contribution in [0.3, 0.4) is 0 Å². The molecule has 90 valence electrons. The summed E-state index contributed by atoms with van der Waals surface area (Å²) in [6, 6.07) is 0.287. The fraction of sp³-hybridized carbons (Fsp3) is 0.333. The summed E-state index contributed by atoms with van der Waals surface area (Å²) in [5, 5.41) is 3.37. The third kappa shape index (κ3) is 2.96. The highest BCUT2D eigenvalue weighted by Gasteiger charge is 2.06. The van der Waals surface area contributed by atoms with E-state index in [1.54, 1.807) is 12.4 Å². The second-order valence-corrected chi connectivity index (χ2v) is 4.00. The Hall–Kier alpha value is -2.04. The van der Waals surface area contributed by atoms with E-state index in [4.69, 9.17) is 0 Å². The molecule has 1 atom stereocenters. The molecule has 0 saturated heterocycles. The zero-order chi connectivity index (χ0) is 12.1. The van der Waals surface area contributed by atoms with Crippen LogP contribution in [0.15, 0.2) is 43.8 Å². The van der Waals surface area contributed by atoms with E-state index < -0.39 is 0 Å². The van der Waals surface area contributed by atoms with Gasteiger partial charge in [-0.1, -0.05) is 6.08 Å². The third-order valence-corrected chi connectivity index (χ3v) is 2.46. The number of allylic oxidation sites excluding steroid dienone is 1. The van der Waals surface area contributed by atoms with Crippen molar-refractivity contribution in [3.05, 3.63) is 43.8 Å². The van der Waals surface area contributed by atoms with Gasteiger partial charge in [-0.3, -0.25) is 0 Å². The first-order valence-corrected chi connectivity index (χ1v) is 5.64. The number of rotatable bonds is 6. The van der Waals surface area contributed by atoms with Gasteiger partial charge in [0.25, 0.3) is 0 Å². The van der Waals surface area contributed by atoms with Crippen molar-refractivity contribution in [3.63, 3.8) is 0 Å². The summed E-state index contributed by atoms with van der Waals surface area (Å²) in [4.78, 5) is 8.30. The molecule has 0 aromatic carbocycles. The normalized spacial score (nSPS) is 12.3. The molecule has 5 nitrogen and oxygen atoms in total. The Morgan fingerprint density at radius 2 is 2.35 bits per heavy atom. The lowest BCUT2D eigenvalue weighted by molar-refractivity contribution is 0.610. The first kappa shape index (κ1) is 11.4. The number of imidazole rings is 2. The Morgan fingerprint density at radius 3 is 3.06 bits per heavy atom. The van der Waals surface area contributed by atoms with E-state index in [0.717, 1.165) is 19.0 Å². The molecule has 1 unspecified atom stereocenters. The number of nitrogens with one attached hydrogen (secondary N) is 1. The van der Waals surface area contributed by atoms with Gasteiger partial charge in [0.05, 0.1) is 6.33 Å². The molecule has 2 rings (SSSR count). The molecule has 0 aliphatic rings. The fourth-order valence-electron chi connectivity index (χ4n) is 1.71. The van der Waals surface area contributed by atoms with Crippen LogP contribution in [-0.4, -0.2) is 25.1 Å². The van der Waals surface area contributed by atoms with Crippen LogP contribution in [-0.2, 0) is 13.1 Å². The minimum atomic E-state index is 0.287. The first-order chi connectivity index (χ1) is 8.29. The third-order valence-electron chi connectivity index (χ3n) is 2.46. The van der Waals surface area contributed by atoms with Crippen molar-refractivity contribution in [2.24, 2.45) is 0 Å². The van der Waals surface area contributed by atoms with Crippen molar-refractivity contribution in [1.82, 2.24) is 19.1 Å². The number of aromatic nitrogens is 4. The van der Waals surface area contributed by atoms with Crippen LogP contribution in [0.5, 0.6) is 0 Å². The van der Waals surface area contributed by atoms with Crippen molar-refractivity contribution >= 4 is 5.95 Å². The largest absolute Gasteiger partial charge is 0.351 e. The molecule has 0 radical (unpaired) electrons. The van der Waals surface area contributed by atoms with Gasteiger partial charge in [-0.2, -0.15) is 0 Å². The second kappa shape index (κ2) is 5.34. The molecule has 2 aromatic rings. The molecule has 0 saturated carbocycles. The molecule has 2 heterocycles. The Balaban J connectivity index is 1.95. The van der Waals surface area contributed by atoms with Gasteiger partial charge in [0.2, 0.25) is 5.95 Å². The van der Waals surface area contributed by atoms with Gasteiger partial charge in [0, 0.05) is 43.9 Å². The SMILES string of the molecule is C=CCn1ccnc1NC(C)Cn1ccnc1. The van der Waals surface area contributed by atoms with Crippen molar-refractivity contribution in [1.29, 1.82) is 0 Å². The van der Waals surface area contributed by atoms with Crippen molar-refractivity contribution < 1.29 is 0 Å². The maximum Gasteiger partial charge on any atom is 0.203 e. The van der Waals surface area contributed by atoms with Gasteiger partial charge in [-0.05, 0) is 6.92 Å². The predicted molar refractivity (Wildman–Crippen MR) is 67.7 cm³/mol. The van der Waals surface area contributed by atoms with E-state index >= 15 is 0 Å². The average Bonchev–Trinajstić information content (AvgIpc) is 2.92. The average molecular weight is 231 g/mol. The van der Waals surface area contributed by atoms with E-state index in [1.165, 1.54) is 0 Å². The number of hydrogen-bond donors (Lipinski definition) is 1. The maximum absolute atomic E-state index is 4.28. The zero-order valence-corrected chi connectivity index (χ0v) is 9.95. The van der Waals surface area contributed by atoms with E-state index in [9.17, 15) is 0 Å². The van der Waals surface area contributed by atoms with Gasteiger partial charge in [-0.25, -0.2) is 9.97 Å². The summed E-state index contributed by atoms with van der Waals surface area (Å²) in [6.45, 7) is 7.47. The monoisotopic (exact) mass is 231 g/mol. The van der Waals surface area contributed by atoms with Crippen LogP contribution in [0.1, 0.15) is 6.92 Å². The van der Waals surface area contributed by atoms with E-state index in [0.29, 0.717) is 0 Å². The molecule has 0 aliphatic carbocycles. The molecule has 5 heteroatoms. The fourth-order valence-corrected chi connectivity index (χ4v) is 1.71. The number of hydrogen-bond acceptors (Lipinski definition) is 3. The van der Waals surface area contributed by atoms with E-state index in [-0.39, 0.29) is 6.04 Å². The van der Waals surface area contributed by atoms with Crippen LogP contribution < -0.4 is 5.32 Å². The predicted octanol–water partition coefficient (Wildman–Crippen LogP) is 1.77. The second-order valence-electron chi connectivity index (χ2n) is 4.00. The molecule has 0 aliphatic heterocycles. The van der Waals surface area contributed by atoms with Crippen molar-refractivity contribution in [2.45, 2.75) is 26.1 Å². The molecular formula is C12H17N5. The standard InChI is InChI=1S/C12H17N5/c1-3-6-17-8-5-14-12(17)15-11(2)9-16-7-4-13-10-16/h3-5,7-8,10-11H,1,6,9H2,2H3,(H,14,15). The van der Waals surface area contributed by atoms with Crippen molar-refractivity contribution in [3.8, 4) is 0 Å². The summed E-state index contributed by atoms with van der Waals surface area (Å²) >= 11 is 0. The number of anilines is 1. The Bertz CT molecular complexity index is 457. The Kier molecular flexibility index (Phi) is 3.59. The summed E-state index contributed by atoms with van der Waals surface area (Å²) in [6.07, 6.45) is 11.1. The van der Waals surface area contributed by atoms with E-state index in [2.05, 4.69) is 28.8 Å². The topological polar surface area (TPSA) is 47.7 Å². The van der Waals surface area contributed by atoms with Crippen LogP contribution in [0.4, 0.5) is 5.95 Å². The first-order valence-electron chi connectivity index (χ1n) is 5.64. The zero-order valence-electron chi connectivity index (χ0n) is 9.95. The summed E-state index contributed by atoms with van der Waals surface area (Å²) in [7, 11) is 0. The summed E-state index contributed by atoms with van der Waals surface area (Å²) in [5.74, 6) is 0.873. The smallest absolute Gasteiger partial charge is 0.203 e. The number of nitrogens with zero attached hydrogens (tertiary/aromatic N) is 4. The minimum absolute atomic E-state index is 0.287. The molecule has 0 fully saturated rings. The van der Waals surface area contributed by atoms with E-state index in [1.807, 2.05) is 33.9 Å². The minimum Gasteiger partial charge on any atom is -0.351 e. The highest BCUT2D eigenvalue weighted by atomic mass is 15.2. The van der Waals surface area contributed by atoms with Crippen LogP contribution >= 0.6 is 0 Å². The van der Waals surface area contributed by atoms with Gasteiger partial charge in [0.1, 0.15) is 0 Å². The maximum atomic E-state index is 4.28. The van der Waals surface area contributed by atoms with Crippen LogP contribution in [0.2, 0.25) is 0 Å². The Morgan fingerprint density at radius 1 is 1.47 bits per heavy atom. The summed E-state index contributed by atoms with van der Waals surface area (Å²) in [5.41, 5.74) is 0. The molecular weight excluding hydrogens is 214 g/mol. The van der Waals surface area contributed by atoms with Gasteiger partial charge >= 0.3 is 0 Å². The molecule has 1 N–H and O–H groups in total. The molecule has 2 aromatic heterocycles. The Labute approximate surface area is 101 Å². The highest BCUT2D eigenvalue weighted by Crippen LogP contribution is 2.07. The highest BCUT2D eigenvalue weighted by molar-refractivity contribution is 5.27. The van der Waals surface area contributed by atoms with Crippen molar-refractivity contribution in [2.75, 3.05) is 5.32 Å². The lowest BCUT2D eigenvalue weighted by Gasteiger charge is -2.15. The quantitative estimate of drug-likeness (QED) is 0.771. The van der Waals surface area contributed by atoms with Gasteiger partial charge in [0.15, 0.2) is 0 Å². The molecule has 0 spiro atoms. The lowest BCUT2D eigenvalue weighted by atomic mass is 10.3. The molecule has 0 bridgehead atoms. The molecule has 0 amide bonds. The lowest BCUT2D eigenvalue weighted by Crippen LogP contribution is -2.23. The van der Waals surface area contributed by atoms with Crippen LogP contribution in [0, 0.1) is 0 Å². The van der Waals surface area contributed by atoms with Crippen LogP contribution in [0.25, 0.3) is 0 Å². The molecule has 17 heavy (non-hydrogen) atoms. The summed E-state index contributed by atoms with van der Waals surface area (Å²) < 4.78 is 4.07.